The molecule has 1 aromatic carbocycles. The molecule has 0 spiro atoms. The zero-order valence-electron chi connectivity index (χ0n) is 13.5. The third-order valence-corrected chi connectivity index (χ3v) is 4.12. The van der Waals surface area contributed by atoms with Crippen LogP contribution in [0.3, 0.4) is 0 Å². The quantitative estimate of drug-likeness (QED) is 0.761. The Balaban J connectivity index is 1.35. The molecule has 3 heterocycles. The smallest absolute Gasteiger partial charge is 0.320 e. The minimum atomic E-state index is -0.296. The van der Waals surface area contributed by atoms with Crippen molar-refractivity contribution in [2.45, 2.75) is 25.4 Å². The number of nitrogens with zero attached hydrogens (tertiary/aromatic N) is 5. The molecule has 2 aromatic heterocycles. The summed E-state index contributed by atoms with van der Waals surface area (Å²) in [6, 6.07) is 13.1. The van der Waals surface area contributed by atoms with Crippen LogP contribution in [0.5, 0.6) is 0 Å². The first kappa shape index (κ1) is 15.3. The topological polar surface area (TPSA) is 97.6 Å². The molecule has 2 N–H and O–H groups in total. The average molecular weight is 335 g/mol. The molecule has 1 aliphatic rings. The van der Waals surface area contributed by atoms with Crippen molar-refractivity contribution >= 4 is 11.8 Å². The molecule has 0 unspecified atom stereocenters. The number of carbonyl (C=O) groups excluding carboxylic acids is 1. The van der Waals surface area contributed by atoms with E-state index in [2.05, 4.69) is 30.9 Å². The van der Waals surface area contributed by atoms with Gasteiger partial charge in [0.25, 0.3) is 0 Å². The van der Waals surface area contributed by atoms with E-state index in [1.165, 1.54) is 0 Å². The fourth-order valence-electron chi connectivity index (χ4n) is 2.86. The summed E-state index contributed by atoms with van der Waals surface area (Å²) in [6.45, 7) is 0.626. The summed E-state index contributed by atoms with van der Waals surface area (Å²) in [5, 5.41) is 18.0. The lowest BCUT2D eigenvalue weighted by Gasteiger charge is -2.23. The van der Waals surface area contributed by atoms with E-state index in [0.29, 0.717) is 12.4 Å². The second-order valence-electron chi connectivity index (χ2n) is 5.86. The molecule has 0 saturated carbocycles. The molecule has 25 heavy (non-hydrogen) atoms. The van der Waals surface area contributed by atoms with Gasteiger partial charge >= 0.3 is 6.03 Å². The molecule has 0 radical (unpaired) electrons. The fraction of sp³-hybridized carbons (Fsp3) is 0.235. The zero-order valence-corrected chi connectivity index (χ0v) is 13.5. The van der Waals surface area contributed by atoms with Gasteiger partial charge in [-0.05, 0) is 18.6 Å². The number of nitrogens with one attached hydrogen (secondary N) is 2. The fourth-order valence-corrected chi connectivity index (χ4v) is 2.86. The molecule has 8 nitrogen and oxygen atoms in total. The summed E-state index contributed by atoms with van der Waals surface area (Å²) in [5.41, 5.74) is 1.74. The summed E-state index contributed by atoms with van der Waals surface area (Å²) in [7, 11) is 0. The van der Waals surface area contributed by atoms with E-state index in [1.54, 1.807) is 12.4 Å². The van der Waals surface area contributed by atoms with Gasteiger partial charge in [-0.25, -0.2) is 14.5 Å². The Kier molecular flexibility index (Phi) is 4.07. The largest absolute Gasteiger partial charge is 0.333 e. The van der Waals surface area contributed by atoms with Crippen LogP contribution in [0, 0.1) is 0 Å². The zero-order chi connectivity index (χ0) is 17.1. The number of amides is 2. The SMILES string of the molecule is O=C(Nc1ccc(-c2ccccc2)nn1)N[C@H]1CCc2ncnn2C1. The number of fused-ring (bicyclic) bond motifs is 1. The van der Waals surface area contributed by atoms with Crippen molar-refractivity contribution in [1.82, 2.24) is 30.3 Å². The Morgan fingerprint density at radius 3 is 2.80 bits per heavy atom. The van der Waals surface area contributed by atoms with Gasteiger partial charge in [0.05, 0.1) is 18.3 Å². The van der Waals surface area contributed by atoms with Crippen LogP contribution in [-0.2, 0) is 13.0 Å². The van der Waals surface area contributed by atoms with Crippen molar-refractivity contribution in [2.75, 3.05) is 5.32 Å². The summed E-state index contributed by atoms with van der Waals surface area (Å²) < 4.78 is 1.82. The Morgan fingerprint density at radius 1 is 1.12 bits per heavy atom. The van der Waals surface area contributed by atoms with Gasteiger partial charge in [-0.2, -0.15) is 5.10 Å². The van der Waals surface area contributed by atoms with Crippen LogP contribution in [0.25, 0.3) is 11.3 Å². The number of carbonyl (C=O) groups is 1. The molecule has 2 amide bonds. The second kappa shape index (κ2) is 6.68. The maximum atomic E-state index is 12.2. The predicted octanol–water partition coefficient (Wildman–Crippen LogP) is 1.87. The highest BCUT2D eigenvalue weighted by molar-refractivity contribution is 5.88. The summed E-state index contributed by atoms with van der Waals surface area (Å²) in [6.07, 6.45) is 3.18. The lowest BCUT2D eigenvalue weighted by Crippen LogP contribution is -2.43. The van der Waals surface area contributed by atoms with E-state index in [1.807, 2.05) is 41.1 Å². The van der Waals surface area contributed by atoms with E-state index in [-0.39, 0.29) is 12.1 Å². The Morgan fingerprint density at radius 2 is 2.00 bits per heavy atom. The number of urea groups is 1. The number of hydrogen-bond donors (Lipinski definition) is 2. The summed E-state index contributed by atoms with van der Waals surface area (Å²) >= 11 is 0. The van der Waals surface area contributed by atoms with Crippen LogP contribution in [0.1, 0.15) is 12.2 Å². The van der Waals surface area contributed by atoms with Gasteiger partial charge in [-0.1, -0.05) is 30.3 Å². The predicted molar refractivity (Wildman–Crippen MR) is 91.8 cm³/mol. The Labute approximate surface area is 144 Å². The first-order chi connectivity index (χ1) is 12.3. The van der Waals surface area contributed by atoms with Crippen LogP contribution in [0.4, 0.5) is 10.6 Å². The maximum absolute atomic E-state index is 12.2. The molecule has 1 atom stereocenters. The van der Waals surface area contributed by atoms with E-state index in [9.17, 15) is 4.79 Å². The molecule has 126 valence electrons. The molecule has 8 heteroatoms. The van der Waals surface area contributed by atoms with Crippen molar-refractivity contribution in [3.05, 3.63) is 54.6 Å². The van der Waals surface area contributed by atoms with Gasteiger partial charge in [0.2, 0.25) is 0 Å². The van der Waals surface area contributed by atoms with E-state index in [0.717, 1.165) is 29.9 Å². The monoisotopic (exact) mass is 335 g/mol. The average Bonchev–Trinajstić information content (AvgIpc) is 3.11. The standard InChI is InChI=1S/C17H17N7O/c25-17(20-13-6-9-16-18-11-19-24(16)10-13)21-15-8-7-14(22-23-15)12-4-2-1-3-5-12/h1-5,7-8,11,13H,6,9-10H2,(H2,20,21,23,25)/t13-/m0/s1. The maximum Gasteiger partial charge on any atom is 0.320 e. The van der Waals surface area contributed by atoms with E-state index in [4.69, 9.17) is 0 Å². The number of aromatic nitrogens is 5. The highest BCUT2D eigenvalue weighted by Crippen LogP contribution is 2.16. The van der Waals surface area contributed by atoms with Gasteiger partial charge in [-0.15, -0.1) is 10.2 Å². The van der Waals surface area contributed by atoms with Crippen LogP contribution in [0.15, 0.2) is 48.8 Å². The minimum Gasteiger partial charge on any atom is -0.333 e. The van der Waals surface area contributed by atoms with Gasteiger partial charge in [0.15, 0.2) is 5.82 Å². The van der Waals surface area contributed by atoms with Gasteiger partial charge in [0.1, 0.15) is 12.2 Å². The number of aryl methyl sites for hydroxylation is 1. The molecular weight excluding hydrogens is 318 g/mol. The van der Waals surface area contributed by atoms with Crippen LogP contribution in [0.2, 0.25) is 0 Å². The molecule has 0 bridgehead atoms. The minimum absolute atomic E-state index is 0.0192. The number of anilines is 1. The van der Waals surface area contributed by atoms with Crippen molar-refractivity contribution in [2.24, 2.45) is 0 Å². The Bertz CT molecular complexity index is 860. The molecule has 1 aliphatic heterocycles. The first-order valence-corrected chi connectivity index (χ1v) is 8.11. The lowest BCUT2D eigenvalue weighted by atomic mass is 10.1. The number of benzene rings is 1. The van der Waals surface area contributed by atoms with Crippen LogP contribution >= 0.6 is 0 Å². The lowest BCUT2D eigenvalue weighted by molar-refractivity contribution is 0.243. The molecule has 0 saturated heterocycles. The van der Waals surface area contributed by atoms with Gasteiger partial charge in [-0.3, -0.25) is 5.32 Å². The van der Waals surface area contributed by atoms with E-state index < -0.39 is 0 Å². The third-order valence-electron chi connectivity index (χ3n) is 4.12. The van der Waals surface area contributed by atoms with Gasteiger partial charge < -0.3 is 5.32 Å². The molecule has 3 aromatic rings. The highest BCUT2D eigenvalue weighted by Gasteiger charge is 2.21. The molecular formula is C17H17N7O. The number of rotatable bonds is 3. The molecule has 0 fully saturated rings. The molecule has 0 aliphatic carbocycles. The van der Waals surface area contributed by atoms with Crippen LogP contribution < -0.4 is 10.6 Å². The normalized spacial score (nSPS) is 16.1. The first-order valence-electron chi connectivity index (χ1n) is 8.11. The van der Waals surface area contributed by atoms with Crippen molar-refractivity contribution in [1.29, 1.82) is 0 Å². The van der Waals surface area contributed by atoms with E-state index >= 15 is 0 Å². The number of hydrogen-bond acceptors (Lipinski definition) is 5. The Hall–Kier alpha value is -3.29. The molecule has 4 rings (SSSR count). The van der Waals surface area contributed by atoms with Crippen molar-refractivity contribution in [3.63, 3.8) is 0 Å². The highest BCUT2D eigenvalue weighted by atomic mass is 16.2. The van der Waals surface area contributed by atoms with Crippen LogP contribution in [-0.4, -0.2) is 37.0 Å². The summed E-state index contributed by atoms with van der Waals surface area (Å²) in [4.78, 5) is 16.3. The second-order valence-corrected chi connectivity index (χ2v) is 5.86. The van der Waals surface area contributed by atoms with Gasteiger partial charge in [0, 0.05) is 12.0 Å². The summed E-state index contributed by atoms with van der Waals surface area (Å²) in [5.74, 6) is 1.37. The van der Waals surface area contributed by atoms with Crippen molar-refractivity contribution in [3.8, 4) is 11.3 Å². The van der Waals surface area contributed by atoms with Crippen molar-refractivity contribution < 1.29 is 4.79 Å². The third kappa shape index (κ3) is 3.47.